The zero-order chi connectivity index (χ0) is 21.8. The van der Waals surface area contributed by atoms with E-state index >= 15 is 0 Å². The molecule has 0 unspecified atom stereocenters. The molecule has 6 heteroatoms. The number of ether oxygens (including phenoxy) is 2. The number of aryl methyl sites for hydroxylation is 1. The zero-order valence-electron chi connectivity index (χ0n) is 16.8. The highest BCUT2D eigenvalue weighted by Gasteiger charge is 2.21. The van der Waals surface area contributed by atoms with Gasteiger partial charge in [0.2, 0.25) is 11.2 Å². The lowest BCUT2D eigenvalue weighted by Gasteiger charge is -2.13. The molecular weight excluding hydrogens is 416 g/mol. The van der Waals surface area contributed by atoms with Gasteiger partial charge in [-0.25, -0.2) is 4.79 Å². The SMILES string of the molecule is Cc1ccc2c(=O)c(OCC(=O)OCc3ccccc3)c(-c3ccccc3Cl)oc2c1. The van der Waals surface area contributed by atoms with Crippen LogP contribution in [-0.4, -0.2) is 12.6 Å². The van der Waals surface area contributed by atoms with Crippen molar-refractivity contribution in [3.63, 3.8) is 0 Å². The van der Waals surface area contributed by atoms with Crippen LogP contribution in [0.1, 0.15) is 11.1 Å². The average Bonchev–Trinajstić information content (AvgIpc) is 2.78. The van der Waals surface area contributed by atoms with Gasteiger partial charge in [0, 0.05) is 5.56 Å². The Balaban J connectivity index is 1.65. The number of carbonyl (C=O) groups is 1. The first-order chi connectivity index (χ1) is 15.0. The minimum Gasteiger partial charge on any atom is -0.474 e. The third-order valence-corrected chi connectivity index (χ3v) is 5.03. The maximum Gasteiger partial charge on any atom is 0.344 e. The molecule has 0 bridgehead atoms. The molecule has 4 rings (SSSR count). The van der Waals surface area contributed by atoms with Gasteiger partial charge >= 0.3 is 5.97 Å². The van der Waals surface area contributed by atoms with E-state index in [0.29, 0.717) is 21.6 Å². The summed E-state index contributed by atoms with van der Waals surface area (Å²) in [7, 11) is 0. The van der Waals surface area contributed by atoms with Gasteiger partial charge in [0.1, 0.15) is 12.2 Å². The minimum absolute atomic E-state index is 0.0823. The zero-order valence-corrected chi connectivity index (χ0v) is 17.5. The van der Waals surface area contributed by atoms with Crippen molar-refractivity contribution in [3.8, 4) is 17.1 Å². The number of esters is 1. The number of hydrogen-bond donors (Lipinski definition) is 0. The summed E-state index contributed by atoms with van der Waals surface area (Å²) >= 11 is 6.34. The molecule has 0 saturated carbocycles. The van der Waals surface area contributed by atoms with Crippen molar-refractivity contribution in [1.29, 1.82) is 0 Å². The van der Waals surface area contributed by atoms with Crippen molar-refractivity contribution in [2.75, 3.05) is 6.61 Å². The monoisotopic (exact) mass is 434 g/mol. The van der Waals surface area contributed by atoms with Gasteiger partial charge in [-0.1, -0.05) is 60.1 Å². The number of carbonyl (C=O) groups excluding carboxylic acids is 1. The van der Waals surface area contributed by atoms with Crippen molar-refractivity contribution in [1.82, 2.24) is 0 Å². The summed E-state index contributed by atoms with van der Waals surface area (Å²) in [6.07, 6.45) is 0. The Morgan fingerprint density at radius 1 is 1.00 bits per heavy atom. The van der Waals surface area contributed by atoms with Crippen LogP contribution in [0.25, 0.3) is 22.3 Å². The molecule has 1 aromatic heterocycles. The number of halogens is 1. The van der Waals surface area contributed by atoms with Crippen molar-refractivity contribution in [3.05, 3.63) is 99.2 Å². The summed E-state index contributed by atoms with van der Waals surface area (Å²) in [4.78, 5) is 25.4. The van der Waals surface area contributed by atoms with Crippen LogP contribution in [-0.2, 0) is 16.1 Å². The third-order valence-electron chi connectivity index (χ3n) is 4.70. The maximum atomic E-state index is 13.2. The molecule has 0 aliphatic rings. The normalized spacial score (nSPS) is 10.8. The summed E-state index contributed by atoms with van der Waals surface area (Å²) < 4.78 is 16.9. The van der Waals surface area contributed by atoms with Gasteiger partial charge in [0.05, 0.1) is 10.4 Å². The highest BCUT2D eigenvalue weighted by Crippen LogP contribution is 2.35. The Morgan fingerprint density at radius 2 is 1.74 bits per heavy atom. The average molecular weight is 435 g/mol. The van der Waals surface area contributed by atoms with E-state index in [4.69, 9.17) is 25.5 Å². The minimum atomic E-state index is -0.600. The van der Waals surface area contributed by atoms with Crippen LogP contribution >= 0.6 is 11.6 Å². The van der Waals surface area contributed by atoms with Gasteiger partial charge in [0.25, 0.3) is 0 Å². The summed E-state index contributed by atoms with van der Waals surface area (Å²) in [6.45, 7) is 1.58. The first-order valence-corrected chi connectivity index (χ1v) is 10.1. The highest BCUT2D eigenvalue weighted by molar-refractivity contribution is 6.33. The van der Waals surface area contributed by atoms with E-state index in [1.165, 1.54) is 0 Å². The lowest BCUT2D eigenvalue weighted by Crippen LogP contribution is -2.19. The Kier molecular flexibility index (Phi) is 6.05. The topological polar surface area (TPSA) is 65.7 Å². The second-order valence-corrected chi connectivity index (χ2v) is 7.41. The molecule has 0 N–H and O–H groups in total. The van der Waals surface area contributed by atoms with E-state index in [9.17, 15) is 9.59 Å². The van der Waals surface area contributed by atoms with Crippen molar-refractivity contribution < 1.29 is 18.7 Å². The molecule has 0 saturated heterocycles. The molecule has 156 valence electrons. The second-order valence-electron chi connectivity index (χ2n) is 7.00. The van der Waals surface area contributed by atoms with Crippen LogP contribution < -0.4 is 10.2 Å². The largest absolute Gasteiger partial charge is 0.474 e. The van der Waals surface area contributed by atoms with Gasteiger partial charge in [-0.2, -0.15) is 0 Å². The van der Waals surface area contributed by atoms with E-state index in [1.807, 2.05) is 43.3 Å². The molecule has 0 spiro atoms. The fourth-order valence-corrected chi connectivity index (χ4v) is 3.37. The number of benzene rings is 3. The van der Waals surface area contributed by atoms with Crippen LogP contribution in [0.2, 0.25) is 5.02 Å². The molecule has 0 fully saturated rings. The van der Waals surface area contributed by atoms with Crippen molar-refractivity contribution >= 4 is 28.5 Å². The van der Waals surface area contributed by atoms with E-state index in [-0.39, 0.29) is 23.5 Å². The fraction of sp³-hybridized carbons (Fsp3) is 0.120. The molecule has 3 aromatic carbocycles. The van der Waals surface area contributed by atoms with E-state index < -0.39 is 12.6 Å². The fourth-order valence-electron chi connectivity index (χ4n) is 3.15. The van der Waals surface area contributed by atoms with E-state index in [2.05, 4.69) is 0 Å². The Bertz CT molecular complexity index is 1290. The van der Waals surface area contributed by atoms with Gasteiger partial charge < -0.3 is 13.9 Å². The Hall–Kier alpha value is -3.57. The van der Waals surface area contributed by atoms with Gasteiger partial charge in [-0.15, -0.1) is 0 Å². The number of rotatable bonds is 6. The quantitative estimate of drug-likeness (QED) is 0.372. The van der Waals surface area contributed by atoms with Crippen LogP contribution in [0.4, 0.5) is 0 Å². The molecule has 0 radical (unpaired) electrons. The molecule has 0 amide bonds. The molecule has 31 heavy (non-hydrogen) atoms. The predicted molar refractivity (Wildman–Crippen MR) is 119 cm³/mol. The lowest BCUT2D eigenvalue weighted by molar-refractivity contribution is -0.147. The summed E-state index contributed by atoms with van der Waals surface area (Å²) in [6, 6.07) is 21.5. The third kappa shape index (κ3) is 4.62. The summed E-state index contributed by atoms with van der Waals surface area (Å²) in [5.74, 6) is -0.511. The number of fused-ring (bicyclic) bond motifs is 1. The van der Waals surface area contributed by atoms with Crippen molar-refractivity contribution in [2.24, 2.45) is 0 Å². The van der Waals surface area contributed by atoms with Crippen LogP contribution in [0, 0.1) is 6.92 Å². The summed E-state index contributed by atoms with van der Waals surface area (Å²) in [5.41, 5.74) is 2.33. The molecular formula is C25H19ClO5. The molecule has 4 aromatic rings. The van der Waals surface area contributed by atoms with E-state index in [1.54, 1.807) is 36.4 Å². The second kappa shape index (κ2) is 9.06. The van der Waals surface area contributed by atoms with Gasteiger partial charge in [-0.05, 0) is 42.3 Å². The summed E-state index contributed by atoms with van der Waals surface area (Å²) in [5, 5.41) is 0.753. The molecule has 0 aliphatic heterocycles. The van der Waals surface area contributed by atoms with Crippen LogP contribution in [0.5, 0.6) is 5.75 Å². The van der Waals surface area contributed by atoms with Gasteiger partial charge in [-0.3, -0.25) is 4.79 Å². The van der Waals surface area contributed by atoms with Gasteiger partial charge in [0.15, 0.2) is 12.4 Å². The maximum absolute atomic E-state index is 13.2. The molecule has 0 atom stereocenters. The first-order valence-electron chi connectivity index (χ1n) is 9.67. The van der Waals surface area contributed by atoms with Crippen LogP contribution in [0.15, 0.2) is 82.0 Å². The highest BCUT2D eigenvalue weighted by atomic mass is 35.5. The smallest absolute Gasteiger partial charge is 0.344 e. The lowest BCUT2D eigenvalue weighted by atomic mass is 10.1. The standard InChI is InChI=1S/C25H19ClO5/c1-16-11-12-19-21(13-16)31-24(18-9-5-6-10-20(18)26)25(23(19)28)30-15-22(27)29-14-17-7-3-2-4-8-17/h2-13H,14-15H2,1H3. The molecule has 5 nitrogen and oxygen atoms in total. The Morgan fingerprint density at radius 3 is 2.52 bits per heavy atom. The molecule has 0 aliphatic carbocycles. The number of hydrogen-bond acceptors (Lipinski definition) is 5. The van der Waals surface area contributed by atoms with Crippen molar-refractivity contribution in [2.45, 2.75) is 13.5 Å². The first kappa shape index (κ1) is 20.7. The molecule has 1 heterocycles. The van der Waals surface area contributed by atoms with E-state index in [0.717, 1.165) is 11.1 Å². The predicted octanol–water partition coefficient (Wildman–Crippen LogP) is 5.54. The van der Waals surface area contributed by atoms with Crippen LogP contribution in [0.3, 0.4) is 0 Å². The Labute approximate surface area is 183 Å².